The van der Waals surface area contributed by atoms with E-state index in [-0.39, 0.29) is 0 Å². The highest BCUT2D eigenvalue weighted by molar-refractivity contribution is 4.24. The molecule has 26 heavy (non-hydrogen) atoms. The van der Waals surface area contributed by atoms with E-state index in [0.29, 0.717) is 0 Å². The number of rotatable bonds is 5. The topological polar surface area (TPSA) is 0 Å². The van der Waals surface area contributed by atoms with Crippen LogP contribution in [0.15, 0.2) is 0 Å². The second kappa shape index (κ2) is 100. The summed E-state index contributed by atoms with van der Waals surface area (Å²) in [5.74, 6) is 0. The first-order chi connectivity index (χ1) is 12.4. The molecule has 0 aromatic carbocycles. The van der Waals surface area contributed by atoms with Gasteiger partial charge < -0.3 is 0 Å². The van der Waals surface area contributed by atoms with Crippen molar-refractivity contribution in [2.75, 3.05) is 0 Å². The Kier molecular flexibility index (Phi) is 173. The van der Waals surface area contributed by atoms with Gasteiger partial charge in [-0.3, -0.25) is 0 Å². The standard InChI is InChI=1S/C5H12.3C4H10.3C3H8/c1-3-5-4-2;3*1-3-4-2;3*1-3-2/h3-5H2,1-2H3;3*3-4H2,1-2H3;3*3H2,1-2H3. The lowest BCUT2D eigenvalue weighted by Crippen LogP contribution is -1.59. The van der Waals surface area contributed by atoms with Crippen molar-refractivity contribution in [3.8, 4) is 0 Å². The van der Waals surface area contributed by atoms with E-state index in [1.54, 1.807) is 0 Å². The first-order valence-electron chi connectivity index (χ1n) is 12.4. The van der Waals surface area contributed by atoms with Gasteiger partial charge in [0.15, 0.2) is 0 Å². The number of unbranched alkanes of at least 4 members (excludes halogenated alkanes) is 5. The third-order valence-corrected chi connectivity index (χ3v) is 2.21. The van der Waals surface area contributed by atoms with Crippen LogP contribution in [-0.2, 0) is 0 Å². The molecule has 0 heterocycles. The fourth-order valence-corrected chi connectivity index (χ4v) is 0.354. The van der Waals surface area contributed by atoms with Crippen molar-refractivity contribution in [3.63, 3.8) is 0 Å². The van der Waals surface area contributed by atoms with Gasteiger partial charge in [-0.2, -0.15) is 0 Å². The van der Waals surface area contributed by atoms with Crippen LogP contribution in [0.4, 0.5) is 0 Å². The third-order valence-electron chi connectivity index (χ3n) is 2.21. The van der Waals surface area contributed by atoms with Gasteiger partial charge in [-0.25, -0.2) is 0 Å². The average molecular weight is 379 g/mol. The van der Waals surface area contributed by atoms with Crippen molar-refractivity contribution < 1.29 is 0 Å². The van der Waals surface area contributed by atoms with Crippen molar-refractivity contribution in [1.82, 2.24) is 0 Å². The zero-order valence-corrected chi connectivity index (χ0v) is 22.5. The Morgan fingerprint density at radius 3 is 0.346 bits per heavy atom. The Morgan fingerprint density at radius 2 is 0.346 bits per heavy atom. The maximum absolute atomic E-state index is 2.21. The van der Waals surface area contributed by atoms with Gasteiger partial charge in [0.2, 0.25) is 0 Å². The largest absolute Gasteiger partial charge is 0.0656 e. The molecule has 0 saturated heterocycles. The summed E-state index contributed by atoms with van der Waals surface area (Å²) in [5, 5.41) is 0. The van der Waals surface area contributed by atoms with Crippen molar-refractivity contribution in [1.29, 1.82) is 0 Å². The fourth-order valence-electron chi connectivity index (χ4n) is 0.354. The van der Waals surface area contributed by atoms with Gasteiger partial charge in [0, 0.05) is 0 Å². The number of hydrogen-bond donors (Lipinski definition) is 0. The summed E-state index contributed by atoms with van der Waals surface area (Å²) < 4.78 is 0. The molecule has 0 bridgehead atoms. The fraction of sp³-hybridized carbons (Fsp3) is 1.00. The molecule has 0 aromatic heterocycles. The van der Waals surface area contributed by atoms with E-state index in [1.165, 1.54) is 77.0 Å². The van der Waals surface area contributed by atoms with Crippen molar-refractivity contribution in [3.05, 3.63) is 0 Å². The van der Waals surface area contributed by atoms with E-state index in [9.17, 15) is 0 Å². The predicted molar refractivity (Wildman–Crippen MR) is 135 cm³/mol. The average Bonchev–Trinajstić information content (AvgIpc) is 2.65. The molecular weight excluding hydrogens is 312 g/mol. The molecule has 0 unspecified atom stereocenters. The van der Waals surface area contributed by atoms with Crippen LogP contribution in [0.3, 0.4) is 0 Å². The summed E-state index contributed by atoms with van der Waals surface area (Å²) in [5.41, 5.74) is 0. The summed E-state index contributed by atoms with van der Waals surface area (Å²) in [4.78, 5) is 0. The van der Waals surface area contributed by atoms with Gasteiger partial charge in [0.25, 0.3) is 0 Å². The van der Waals surface area contributed by atoms with Crippen LogP contribution in [0, 0.1) is 0 Å². The summed E-state index contributed by atoms with van der Waals surface area (Å²) >= 11 is 0. The highest BCUT2D eigenvalue weighted by atomic mass is 13.7. The van der Waals surface area contributed by atoms with Gasteiger partial charge in [0.1, 0.15) is 0 Å². The molecule has 0 atom stereocenters. The molecule has 0 fully saturated rings. The molecule has 0 amide bonds. The van der Waals surface area contributed by atoms with Crippen molar-refractivity contribution in [2.45, 2.75) is 174 Å². The molecule has 0 aromatic rings. The maximum atomic E-state index is 2.21. The Labute approximate surface area is 174 Å². The Bertz CT molecular complexity index is 63.8. The Morgan fingerprint density at radius 1 is 0.231 bits per heavy atom. The van der Waals surface area contributed by atoms with Crippen LogP contribution in [0.5, 0.6) is 0 Å². The highest BCUT2D eigenvalue weighted by Gasteiger charge is 1.68. The van der Waals surface area contributed by atoms with Crippen LogP contribution < -0.4 is 0 Å². The molecule has 170 valence electrons. The lowest BCUT2D eigenvalue weighted by atomic mass is 10.3. The summed E-state index contributed by atoms with van der Waals surface area (Å²) in [6, 6.07) is 0. The molecule has 0 saturated carbocycles. The normalized spacial score (nSPS) is 7.15. The maximum Gasteiger partial charge on any atom is -0.0538 e. The Hall–Kier alpha value is 0. The molecule has 0 aliphatic carbocycles. The second-order valence-corrected chi connectivity index (χ2v) is 6.47. The van der Waals surface area contributed by atoms with Gasteiger partial charge in [-0.05, 0) is 0 Å². The highest BCUT2D eigenvalue weighted by Crippen LogP contribution is 1.88. The van der Waals surface area contributed by atoms with Gasteiger partial charge in [-0.1, -0.05) is 174 Å². The minimum atomic E-state index is 1.25. The first kappa shape index (κ1) is 45.0. The van der Waals surface area contributed by atoms with E-state index in [0.717, 1.165) is 0 Å². The SMILES string of the molecule is CCC.CCC.CCC.CCCC.CCCC.CCCC.CCCCC. The van der Waals surface area contributed by atoms with E-state index in [2.05, 4.69) is 96.9 Å². The van der Waals surface area contributed by atoms with E-state index < -0.39 is 0 Å². The minimum Gasteiger partial charge on any atom is -0.0656 e. The van der Waals surface area contributed by atoms with E-state index >= 15 is 0 Å². The lowest BCUT2D eigenvalue weighted by molar-refractivity contribution is 0.772. The molecular formula is C26H66. The zero-order chi connectivity index (χ0) is 22.5. The zero-order valence-electron chi connectivity index (χ0n) is 22.5. The summed E-state index contributed by atoms with van der Waals surface area (Å²) in [7, 11) is 0. The smallest absolute Gasteiger partial charge is 0.0538 e. The molecule has 0 heteroatoms. The molecule has 0 nitrogen and oxygen atoms in total. The summed E-state index contributed by atoms with van der Waals surface area (Å²) in [6.07, 6.45) is 15.7. The van der Waals surface area contributed by atoms with Crippen LogP contribution in [0.1, 0.15) is 174 Å². The van der Waals surface area contributed by atoms with Gasteiger partial charge in [-0.15, -0.1) is 0 Å². The number of hydrogen-bond acceptors (Lipinski definition) is 0. The van der Waals surface area contributed by atoms with Crippen LogP contribution in [0.2, 0.25) is 0 Å². The molecule has 0 aliphatic heterocycles. The third kappa shape index (κ3) is 508. The Balaban J connectivity index is -0.0000000327. The summed E-state index contributed by atoms with van der Waals surface area (Å²) in [6.45, 7) is 30.3. The minimum absolute atomic E-state index is 1.25. The van der Waals surface area contributed by atoms with Crippen LogP contribution in [0.25, 0.3) is 0 Å². The van der Waals surface area contributed by atoms with Crippen molar-refractivity contribution >= 4 is 0 Å². The van der Waals surface area contributed by atoms with Crippen LogP contribution >= 0.6 is 0 Å². The first-order valence-corrected chi connectivity index (χ1v) is 12.4. The molecule has 0 aliphatic rings. The second-order valence-electron chi connectivity index (χ2n) is 6.47. The molecule has 0 N–H and O–H groups in total. The monoisotopic (exact) mass is 379 g/mol. The molecule has 0 radical (unpaired) electrons. The van der Waals surface area contributed by atoms with E-state index in [4.69, 9.17) is 0 Å². The van der Waals surface area contributed by atoms with Gasteiger partial charge >= 0.3 is 0 Å². The molecule has 0 spiro atoms. The van der Waals surface area contributed by atoms with Gasteiger partial charge in [0.05, 0.1) is 0 Å². The van der Waals surface area contributed by atoms with E-state index in [1.807, 2.05) is 0 Å². The van der Waals surface area contributed by atoms with Crippen molar-refractivity contribution in [2.24, 2.45) is 0 Å². The lowest BCUT2D eigenvalue weighted by Gasteiger charge is -1.79. The molecule has 0 rings (SSSR count). The quantitative estimate of drug-likeness (QED) is 0.446. The van der Waals surface area contributed by atoms with Crippen LogP contribution in [-0.4, -0.2) is 0 Å². The predicted octanol–water partition coefficient (Wildman–Crippen LogP) is 11.9.